The number of imidazole rings is 1. The zero-order valence-corrected chi connectivity index (χ0v) is 20.8. The average Bonchev–Trinajstić information content (AvgIpc) is 3.23. The molecule has 0 fully saturated rings. The number of aryl methyl sites for hydroxylation is 1. The van der Waals surface area contributed by atoms with Gasteiger partial charge in [0.1, 0.15) is 5.75 Å². The van der Waals surface area contributed by atoms with E-state index in [9.17, 15) is 23.5 Å². The maximum atomic E-state index is 14.6. The second-order valence-corrected chi connectivity index (χ2v) is 8.70. The van der Waals surface area contributed by atoms with Crippen LogP contribution < -0.4 is 16.0 Å². The van der Waals surface area contributed by atoms with Crippen molar-refractivity contribution >= 4 is 22.8 Å². The molecule has 8 nitrogen and oxygen atoms in total. The van der Waals surface area contributed by atoms with Crippen LogP contribution in [0.4, 0.5) is 8.78 Å². The van der Waals surface area contributed by atoms with Crippen molar-refractivity contribution in [3.8, 4) is 11.8 Å². The molecule has 2 aromatic heterocycles. The van der Waals surface area contributed by atoms with Gasteiger partial charge >= 0.3 is 11.7 Å². The zero-order valence-electron chi connectivity index (χ0n) is 20.0. The minimum absolute atomic E-state index is 0.000806. The zero-order chi connectivity index (χ0) is 26.7. The summed E-state index contributed by atoms with van der Waals surface area (Å²) in [4.78, 5) is 31.0. The molecular weight excluding hydrogens is 506 g/mol. The van der Waals surface area contributed by atoms with Gasteiger partial charge in [0.2, 0.25) is 0 Å². The van der Waals surface area contributed by atoms with Gasteiger partial charge in [0, 0.05) is 24.7 Å². The number of hydrogen-bond donors (Lipinski definition) is 1. The van der Waals surface area contributed by atoms with E-state index < -0.39 is 22.7 Å². The van der Waals surface area contributed by atoms with Gasteiger partial charge in [-0.25, -0.2) is 4.79 Å². The fourth-order valence-corrected chi connectivity index (χ4v) is 4.14. The molecule has 2 heterocycles. The fourth-order valence-electron chi connectivity index (χ4n) is 4.02. The van der Waals surface area contributed by atoms with Crippen LogP contribution in [-0.2, 0) is 25.6 Å². The van der Waals surface area contributed by atoms with Crippen LogP contribution in [0.15, 0.2) is 70.8 Å². The monoisotopic (exact) mass is 530 g/mol. The quantitative estimate of drug-likeness (QED) is 0.304. The summed E-state index contributed by atoms with van der Waals surface area (Å²) in [5, 5.41) is 9.78. The summed E-state index contributed by atoms with van der Waals surface area (Å²) in [5.74, 6) is -3.56. The molecule has 0 aliphatic carbocycles. The average molecular weight is 531 g/mol. The fraction of sp³-hybridized carbons (Fsp3) is 0.269. The summed E-state index contributed by atoms with van der Waals surface area (Å²) in [5.41, 5.74) is -0.780. The van der Waals surface area contributed by atoms with Crippen molar-refractivity contribution in [2.24, 2.45) is 0 Å². The highest BCUT2D eigenvalue weighted by Crippen LogP contribution is 2.38. The number of hydrogen-bond acceptors (Lipinski definition) is 5. The molecule has 1 N–H and O–H groups in total. The van der Waals surface area contributed by atoms with Crippen molar-refractivity contribution in [1.82, 2.24) is 18.7 Å². The Morgan fingerprint density at radius 2 is 1.81 bits per heavy atom. The third-order valence-corrected chi connectivity index (χ3v) is 6.15. The third-order valence-electron chi connectivity index (χ3n) is 5.89. The van der Waals surface area contributed by atoms with Gasteiger partial charge in [-0.05, 0) is 49.2 Å². The number of alkyl halides is 2. The van der Waals surface area contributed by atoms with E-state index in [0.717, 1.165) is 10.1 Å². The van der Waals surface area contributed by atoms with Crippen LogP contribution in [0.3, 0.4) is 0 Å². The second kappa shape index (κ2) is 10.7. The van der Waals surface area contributed by atoms with Crippen LogP contribution in [0.5, 0.6) is 11.8 Å². The number of nitrogens with zero attached hydrogens (tertiary/aromatic N) is 4. The molecule has 0 atom stereocenters. The lowest BCUT2D eigenvalue weighted by Gasteiger charge is -2.17. The molecule has 0 bridgehead atoms. The van der Waals surface area contributed by atoms with Crippen molar-refractivity contribution in [1.29, 1.82) is 0 Å². The summed E-state index contributed by atoms with van der Waals surface area (Å²) >= 11 is 6.02. The van der Waals surface area contributed by atoms with Gasteiger partial charge < -0.3 is 9.84 Å². The number of benzene rings is 2. The van der Waals surface area contributed by atoms with Crippen LogP contribution in [0.1, 0.15) is 24.5 Å². The first kappa shape index (κ1) is 26.3. The molecule has 0 spiro atoms. The molecule has 4 aromatic rings. The highest BCUT2D eigenvalue weighted by Gasteiger charge is 2.32. The molecule has 194 valence electrons. The van der Waals surface area contributed by atoms with Gasteiger partial charge in [0.05, 0.1) is 12.1 Å². The first-order chi connectivity index (χ1) is 17.7. The van der Waals surface area contributed by atoms with Gasteiger partial charge in [-0.3, -0.25) is 18.5 Å². The highest BCUT2D eigenvalue weighted by molar-refractivity contribution is 6.30. The smallest absolute Gasteiger partial charge is 0.332 e. The molecule has 0 aliphatic heterocycles. The number of rotatable bonds is 10. The summed E-state index contributed by atoms with van der Waals surface area (Å²) in [6, 6.07) is 12.3. The van der Waals surface area contributed by atoms with Gasteiger partial charge in [-0.2, -0.15) is 13.8 Å². The number of fused-ring (bicyclic) bond motifs is 1. The number of para-hydroxylation sites is 1. The summed E-state index contributed by atoms with van der Waals surface area (Å²) in [6.45, 7) is 5.01. The van der Waals surface area contributed by atoms with E-state index >= 15 is 0 Å². The highest BCUT2D eigenvalue weighted by atomic mass is 35.5. The molecule has 4 rings (SSSR count). The summed E-state index contributed by atoms with van der Waals surface area (Å²) < 4.78 is 38.9. The lowest BCUT2D eigenvalue weighted by Crippen LogP contribution is -2.40. The molecule has 0 aliphatic rings. The van der Waals surface area contributed by atoms with Crippen LogP contribution in [0.25, 0.3) is 11.2 Å². The Morgan fingerprint density at radius 3 is 2.46 bits per heavy atom. The number of aliphatic hydroxyl groups is 1. The number of halogens is 3. The minimum atomic E-state index is -3.38. The molecular formula is C26H25ClF2N4O4. The largest absolute Gasteiger partial charge is 0.425 e. The number of aromatic nitrogens is 4. The Morgan fingerprint density at radius 1 is 1.11 bits per heavy atom. The van der Waals surface area contributed by atoms with Crippen molar-refractivity contribution in [2.45, 2.75) is 38.9 Å². The van der Waals surface area contributed by atoms with Crippen molar-refractivity contribution in [3.63, 3.8) is 0 Å². The van der Waals surface area contributed by atoms with Gasteiger partial charge in [-0.1, -0.05) is 42.4 Å². The topological polar surface area (TPSA) is 91.3 Å². The van der Waals surface area contributed by atoms with Crippen LogP contribution in [-0.4, -0.2) is 30.4 Å². The first-order valence-electron chi connectivity index (χ1n) is 11.6. The third kappa shape index (κ3) is 5.07. The van der Waals surface area contributed by atoms with E-state index in [1.54, 1.807) is 31.2 Å². The van der Waals surface area contributed by atoms with Gasteiger partial charge in [0.15, 0.2) is 11.2 Å². The molecule has 0 saturated heterocycles. The van der Waals surface area contributed by atoms with Crippen LogP contribution >= 0.6 is 11.6 Å². The van der Waals surface area contributed by atoms with Gasteiger partial charge in [-0.15, -0.1) is 0 Å². The first-order valence-corrected chi connectivity index (χ1v) is 12.0. The van der Waals surface area contributed by atoms with Crippen LogP contribution in [0.2, 0.25) is 5.02 Å². The molecule has 0 amide bonds. The Labute approximate surface area is 215 Å². The number of allylic oxidation sites excluding steroid dienone is 1. The van der Waals surface area contributed by atoms with E-state index in [-0.39, 0.29) is 55.6 Å². The maximum Gasteiger partial charge on any atom is 0.332 e. The maximum absolute atomic E-state index is 14.6. The van der Waals surface area contributed by atoms with Gasteiger partial charge in [0.25, 0.3) is 11.5 Å². The second-order valence-electron chi connectivity index (χ2n) is 8.27. The normalized spacial score (nSPS) is 11.7. The van der Waals surface area contributed by atoms with E-state index in [1.807, 2.05) is 0 Å². The van der Waals surface area contributed by atoms with E-state index in [1.165, 1.54) is 33.4 Å². The van der Waals surface area contributed by atoms with E-state index in [0.29, 0.717) is 11.1 Å². The Balaban J connectivity index is 1.99. The molecule has 0 radical (unpaired) electrons. The van der Waals surface area contributed by atoms with E-state index in [4.69, 9.17) is 16.3 Å². The Hall–Kier alpha value is -3.76. The minimum Gasteiger partial charge on any atom is -0.425 e. The van der Waals surface area contributed by atoms with Crippen molar-refractivity contribution in [2.75, 3.05) is 6.61 Å². The molecule has 0 unspecified atom stereocenters. The Bertz CT molecular complexity index is 1560. The summed E-state index contributed by atoms with van der Waals surface area (Å²) in [6.07, 6.45) is 0.712. The molecule has 0 saturated carbocycles. The summed E-state index contributed by atoms with van der Waals surface area (Å²) in [7, 11) is 0. The lowest BCUT2D eigenvalue weighted by atomic mass is 10.1. The van der Waals surface area contributed by atoms with Crippen LogP contribution in [0, 0.1) is 0 Å². The molecule has 11 heteroatoms. The number of aliphatic hydroxyl groups excluding tert-OH is 1. The SMILES string of the molecule is C=CC(F)(F)c1ccccc1Oc1nc2c(c(=O)n(CCCO)c(=O)n2CC)n1Cc1ccc(Cl)cc1. The molecule has 37 heavy (non-hydrogen) atoms. The number of ether oxygens (including phenoxy) is 1. The van der Waals surface area contributed by atoms with Crippen molar-refractivity contribution < 1.29 is 18.6 Å². The standard InChI is InChI=1S/C26H25ClF2N4O4/c1-3-26(28,29)19-8-5-6-9-20(19)37-24-30-22-21(33(24)16-17-10-12-18(27)13-11-17)23(35)32(14-7-15-34)25(36)31(22)4-2/h3,5-6,8-13,34H,1,4,7,14-16H2,2H3. The Kier molecular flexibility index (Phi) is 7.60. The predicted octanol–water partition coefficient (Wildman–Crippen LogP) is 4.53. The lowest BCUT2D eigenvalue weighted by molar-refractivity contribution is 0.0501. The van der Waals surface area contributed by atoms with E-state index in [2.05, 4.69) is 11.6 Å². The predicted molar refractivity (Wildman–Crippen MR) is 137 cm³/mol. The molecule has 2 aromatic carbocycles. The van der Waals surface area contributed by atoms with Crippen molar-refractivity contribution in [3.05, 3.63) is 98.2 Å².